The number of amides is 1. The van der Waals surface area contributed by atoms with Gasteiger partial charge in [0.05, 0.1) is 6.04 Å². The molecule has 0 aliphatic heterocycles. The fourth-order valence-electron chi connectivity index (χ4n) is 2.73. The van der Waals surface area contributed by atoms with Crippen molar-refractivity contribution in [1.82, 2.24) is 10.3 Å². The zero-order valence-corrected chi connectivity index (χ0v) is 13.5. The Morgan fingerprint density at radius 1 is 1.16 bits per heavy atom. The van der Waals surface area contributed by atoms with E-state index in [0.29, 0.717) is 23.0 Å². The van der Waals surface area contributed by atoms with Gasteiger partial charge >= 0.3 is 0 Å². The van der Waals surface area contributed by atoms with Crippen LogP contribution in [-0.4, -0.2) is 16.9 Å². The molecule has 5 nitrogen and oxygen atoms in total. The van der Waals surface area contributed by atoms with Crippen LogP contribution < -0.4 is 16.5 Å². The predicted molar refractivity (Wildman–Crippen MR) is 94.5 cm³/mol. The molecular weight excluding hydrogens is 321 g/mol. The van der Waals surface area contributed by atoms with Crippen molar-refractivity contribution in [2.75, 3.05) is 0 Å². The number of aromatic nitrogens is 1. The molecule has 3 rings (SSSR count). The number of primary amides is 1. The number of rotatable bonds is 6. The van der Waals surface area contributed by atoms with Gasteiger partial charge in [-0.15, -0.1) is 0 Å². The first-order valence-electron chi connectivity index (χ1n) is 7.91. The molecule has 1 atom stereocenters. The van der Waals surface area contributed by atoms with E-state index in [-0.39, 0.29) is 12.0 Å². The van der Waals surface area contributed by atoms with Crippen LogP contribution in [0, 0.1) is 5.82 Å². The molecule has 128 valence electrons. The molecule has 1 heterocycles. The van der Waals surface area contributed by atoms with Gasteiger partial charge in [0.2, 0.25) is 5.91 Å². The molecule has 6 heteroatoms. The number of halogens is 1. The Kier molecular flexibility index (Phi) is 4.90. The second-order valence-corrected chi connectivity index (χ2v) is 5.87. The second kappa shape index (κ2) is 7.27. The Morgan fingerprint density at radius 3 is 2.64 bits per heavy atom. The maximum absolute atomic E-state index is 13.3. The van der Waals surface area contributed by atoms with Gasteiger partial charge in [-0.3, -0.25) is 14.9 Å². The molecule has 0 spiro atoms. The molecule has 0 radical (unpaired) electrons. The third-order valence-corrected chi connectivity index (χ3v) is 4.01. The SMILES string of the molecule is NC(=O)[C@H](Cc1ccccc1)NCc1cc(=O)c2cc(F)ccc2[nH]1. The summed E-state index contributed by atoms with van der Waals surface area (Å²) in [4.78, 5) is 26.9. The molecule has 1 amide bonds. The van der Waals surface area contributed by atoms with Crippen LogP contribution in [0.15, 0.2) is 59.4 Å². The molecule has 3 aromatic rings. The minimum Gasteiger partial charge on any atom is -0.368 e. The lowest BCUT2D eigenvalue weighted by molar-refractivity contribution is -0.120. The average molecular weight is 339 g/mol. The predicted octanol–water partition coefficient (Wildman–Crippen LogP) is 1.85. The van der Waals surface area contributed by atoms with E-state index in [2.05, 4.69) is 10.3 Å². The molecule has 25 heavy (non-hydrogen) atoms. The van der Waals surface area contributed by atoms with Crippen molar-refractivity contribution in [3.8, 4) is 0 Å². The lowest BCUT2D eigenvalue weighted by atomic mass is 10.1. The van der Waals surface area contributed by atoms with E-state index in [1.807, 2.05) is 30.3 Å². The molecule has 0 saturated carbocycles. The summed E-state index contributed by atoms with van der Waals surface area (Å²) in [5.74, 6) is -0.922. The number of fused-ring (bicyclic) bond motifs is 1. The van der Waals surface area contributed by atoms with Gasteiger partial charge in [-0.2, -0.15) is 0 Å². The van der Waals surface area contributed by atoms with Crippen LogP contribution in [0.1, 0.15) is 11.3 Å². The molecule has 0 bridgehead atoms. The van der Waals surface area contributed by atoms with Crippen LogP contribution in [0.4, 0.5) is 4.39 Å². The maximum atomic E-state index is 13.3. The molecular formula is C19H18FN3O2. The first-order valence-corrected chi connectivity index (χ1v) is 7.91. The van der Waals surface area contributed by atoms with E-state index in [9.17, 15) is 14.0 Å². The van der Waals surface area contributed by atoms with Crippen LogP contribution >= 0.6 is 0 Å². The van der Waals surface area contributed by atoms with E-state index in [1.165, 1.54) is 24.3 Å². The van der Waals surface area contributed by atoms with Gasteiger partial charge in [0.25, 0.3) is 0 Å². The fourth-order valence-corrected chi connectivity index (χ4v) is 2.73. The summed E-state index contributed by atoms with van der Waals surface area (Å²) in [5.41, 5.74) is 7.33. The molecule has 0 aliphatic rings. The zero-order valence-electron chi connectivity index (χ0n) is 13.5. The number of nitrogens with one attached hydrogen (secondary N) is 2. The van der Waals surface area contributed by atoms with Gasteiger partial charge in [0, 0.05) is 29.2 Å². The van der Waals surface area contributed by atoms with Crippen molar-refractivity contribution in [2.24, 2.45) is 5.73 Å². The highest BCUT2D eigenvalue weighted by Gasteiger charge is 2.15. The third kappa shape index (κ3) is 4.10. The molecule has 0 fully saturated rings. The zero-order chi connectivity index (χ0) is 17.8. The summed E-state index contributed by atoms with van der Waals surface area (Å²) in [7, 11) is 0. The molecule has 0 unspecified atom stereocenters. The molecule has 2 aromatic carbocycles. The minimum atomic E-state index is -0.560. The van der Waals surface area contributed by atoms with Crippen molar-refractivity contribution in [3.05, 3.63) is 81.9 Å². The number of benzene rings is 2. The van der Waals surface area contributed by atoms with Crippen molar-refractivity contribution in [3.63, 3.8) is 0 Å². The Balaban J connectivity index is 1.77. The van der Waals surface area contributed by atoms with E-state index < -0.39 is 17.8 Å². The highest BCUT2D eigenvalue weighted by atomic mass is 19.1. The normalized spacial score (nSPS) is 12.2. The number of hydrogen-bond donors (Lipinski definition) is 3. The highest BCUT2D eigenvalue weighted by Crippen LogP contribution is 2.10. The monoisotopic (exact) mass is 339 g/mol. The van der Waals surface area contributed by atoms with Gasteiger partial charge < -0.3 is 10.7 Å². The Hall–Kier alpha value is -2.99. The van der Waals surface area contributed by atoms with Crippen molar-refractivity contribution in [2.45, 2.75) is 19.0 Å². The van der Waals surface area contributed by atoms with Crippen molar-refractivity contribution in [1.29, 1.82) is 0 Å². The van der Waals surface area contributed by atoms with E-state index in [1.54, 1.807) is 0 Å². The topological polar surface area (TPSA) is 88.0 Å². The van der Waals surface area contributed by atoms with Crippen molar-refractivity contribution < 1.29 is 9.18 Å². The number of carbonyl (C=O) groups excluding carboxylic acids is 1. The summed E-state index contributed by atoms with van der Waals surface area (Å²) in [5, 5.41) is 3.36. The summed E-state index contributed by atoms with van der Waals surface area (Å²) < 4.78 is 13.3. The third-order valence-electron chi connectivity index (χ3n) is 4.01. The van der Waals surface area contributed by atoms with Gasteiger partial charge in [-0.05, 0) is 30.2 Å². The van der Waals surface area contributed by atoms with Crippen LogP contribution in [-0.2, 0) is 17.8 Å². The number of pyridine rings is 1. The summed E-state index contributed by atoms with van der Waals surface area (Å²) in [6.45, 7) is 0.267. The van der Waals surface area contributed by atoms with Gasteiger partial charge in [-0.1, -0.05) is 30.3 Å². The fraction of sp³-hybridized carbons (Fsp3) is 0.158. The second-order valence-electron chi connectivity index (χ2n) is 5.87. The van der Waals surface area contributed by atoms with Crippen LogP contribution in [0.3, 0.4) is 0 Å². The first-order chi connectivity index (χ1) is 12.0. The summed E-state index contributed by atoms with van der Waals surface area (Å²) in [6.07, 6.45) is 0.458. The number of nitrogens with two attached hydrogens (primary N) is 1. The molecule has 0 saturated heterocycles. The van der Waals surface area contributed by atoms with Crippen LogP contribution in [0.2, 0.25) is 0 Å². The quantitative estimate of drug-likeness (QED) is 0.640. The lowest BCUT2D eigenvalue weighted by Crippen LogP contribution is -2.42. The van der Waals surface area contributed by atoms with Crippen LogP contribution in [0.25, 0.3) is 10.9 Å². The number of aromatic amines is 1. The summed E-state index contributed by atoms with van der Waals surface area (Å²) >= 11 is 0. The standard InChI is InChI=1S/C19H18FN3O2/c20-13-6-7-16-15(9-13)18(24)10-14(23-16)11-22-17(19(21)25)8-12-4-2-1-3-5-12/h1-7,9-10,17,22H,8,11H2,(H2,21,25)(H,23,24)/t17-/m0/s1. The van der Waals surface area contributed by atoms with E-state index in [4.69, 9.17) is 5.73 Å². The Labute approximate surface area is 143 Å². The average Bonchev–Trinajstić information content (AvgIpc) is 2.60. The van der Waals surface area contributed by atoms with E-state index in [0.717, 1.165) is 5.56 Å². The Bertz CT molecular complexity index is 954. The molecule has 0 aliphatic carbocycles. The molecule has 1 aromatic heterocycles. The maximum Gasteiger partial charge on any atom is 0.234 e. The molecule has 4 N–H and O–H groups in total. The smallest absolute Gasteiger partial charge is 0.234 e. The van der Waals surface area contributed by atoms with Gasteiger partial charge in [0.1, 0.15) is 5.82 Å². The largest absolute Gasteiger partial charge is 0.368 e. The van der Waals surface area contributed by atoms with Crippen molar-refractivity contribution >= 4 is 16.8 Å². The first kappa shape index (κ1) is 16.9. The summed E-state index contributed by atoms with van der Waals surface area (Å²) in [6, 6.07) is 14.4. The van der Waals surface area contributed by atoms with Gasteiger partial charge in [-0.25, -0.2) is 4.39 Å². The van der Waals surface area contributed by atoms with Gasteiger partial charge in [0.15, 0.2) is 5.43 Å². The number of carbonyl (C=O) groups is 1. The van der Waals surface area contributed by atoms with Crippen LogP contribution in [0.5, 0.6) is 0 Å². The van der Waals surface area contributed by atoms with E-state index >= 15 is 0 Å². The number of H-pyrrole nitrogens is 1. The minimum absolute atomic E-state index is 0.267. The highest BCUT2D eigenvalue weighted by molar-refractivity contribution is 5.80. The lowest BCUT2D eigenvalue weighted by Gasteiger charge is -2.16. The number of hydrogen-bond acceptors (Lipinski definition) is 3. The Morgan fingerprint density at radius 2 is 1.92 bits per heavy atom.